The normalized spacial score (nSPS) is 10.4. The summed E-state index contributed by atoms with van der Waals surface area (Å²) >= 11 is 5.76. The lowest BCUT2D eigenvalue weighted by Crippen LogP contribution is -2.12. The van der Waals surface area contributed by atoms with Gasteiger partial charge in [0.1, 0.15) is 17.1 Å². The zero-order chi connectivity index (χ0) is 17.0. The second kappa shape index (κ2) is 7.15. The Morgan fingerprint density at radius 2 is 1.74 bits per heavy atom. The van der Waals surface area contributed by atoms with E-state index in [0.29, 0.717) is 5.75 Å². The first-order chi connectivity index (χ1) is 10.9. The van der Waals surface area contributed by atoms with E-state index in [4.69, 9.17) is 26.2 Å². The van der Waals surface area contributed by atoms with Crippen molar-refractivity contribution >= 4 is 23.5 Å². The maximum Gasteiger partial charge on any atom is 0.343 e. The SMILES string of the molecule is CC(C)Oc1ccc(C(=O)Oc2ccc(Cl)cc2C(=O)O)cc1. The molecule has 0 fully saturated rings. The van der Waals surface area contributed by atoms with E-state index < -0.39 is 11.9 Å². The fourth-order valence-electron chi connectivity index (χ4n) is 1.86. The lowest BCUT2D eigenvalue weighted by atomic mass is 10.2. The van der Waals surface area contributed by atoms with Crippen molar-refractivity contribution in [3.63, 3.8) is 0 Å². The summed E-state index contributed by atoms with van der Waals surface area (Å²) in [6, 6.07) is 10.4. The number of carbonyl (C=O) groups is 2. The Bertz CT molecular complexity index is 722. The van der Waals surface area contributed by atoms with Crippen LogP contribution >= 0.6 is 11.6 Å². The van der Waals surface area contributed by atoms with Crippen LogP contribution in [0, 0.1) is 0 Å². The van der Waals surface area contributed by atoms with E-state index >= 15 is 0 Å². The van der Waals surface area contributed by atoms with Gasteiger partial charge >= 0.3 is 11.9 Å². The van der Waals surface area contributed by atoms with Gasteiger partial charge in [-0.15, -0.1) is 0 Å². The molecule has 0 aliphatic heterocycles. The van der Waals surface area contributed by atoms with Crippen molar-refractivity contribution in [3.05, 3.63) is 58.6 Å². The van der Waals surface area contributed by atoms with Gasteiger partial charge in [-0.3, -0.25) is 0 Å². The van der Waals surface area contributed by atoms with Gasteiger partial charge in [0.2, 0.25) is 0 Å². The average Bonchev–Trinajstić information content (AvgIpc) is 2.49. The molecule has 2 aromatic carbocycles. The van der Waals surface area contributed by atoms with E-state index in [1.165, 1.54) is 18.2 Å². The molecule has 0 heterocycles. The van der Waals surface area contributed by atoms with Gasteiger partial charge in [0.25, 0.3) is 0 Å². The van der Waals surface area contributed by atoms with Gasteiger partial charge in [-0.25, -0.2) is 9.59 Å². The van der Waals surface area contributed by atoms with Crippen LogP contribution < -0.4 is 9.47 Å². The molecular weight excluding hydrogens is 320 g/mol. The molecule has 0 atom stereocenters. The van der Waals surface area contributed by atoms with Crippen molar-refractivity contribution in [2.24, 2.45) is 0 Å². The van der Waals surface area contributed by atoms with E-state index in [1.54, 1.807) is 24.3 Å². The zero-order valence-electron chi connectivity index (χ0n) is 12.6. The topological polar surface area (TPSA) is 72.8 Å². The minimum atomic E-state index is -1.23. The minimum Gasteiger partial charge on any atom is -0.491 e. The predicted molar refractivity (Wildman–Crippen MR) is 85.6 cm³/mol. The number of hydrogen-bond donors (Lipinski definition) is 1. The van der Waals surface area contributed by atoms with Gasteiger partial charge in [0.05, 0.1) is 11.7 Å². The Labute approximate surface area is 138 Å². The number of hydrogen-bond acceptors (Lipinski definition) is 4. The smallest absolute Gasteiger partial charge is 0.343 e. The molecule has 0 saturated carbocycles. The number of rotatable bonds is 5. The Hall–Kier alpha value is -2.53. The van der Waals surface area contributed by atoms with Gasteiger partial charge < -0.3 is 14.6 Å². The standard InChI is InChI=1S/C17H15ClO5/c1-10(2)22-13-6-3-11(4-7-13)17(21)23-15-8-5-12(18)9-14(15)16(19)20/h3-10H,1-2H3,(H,19,20). The maximum absolute atomic E-state index is 12.1. The molecule has 2 rings (SSSR count). The Morgan fingerprint density at radius 1 is 1.09 bits per heavy atom. The van der Waals surface area contributed by atoms with E-state index in [0.717, 1.165) is 0 Å². The third-order valence-electron chi connectivity index (χ3n) is 2.84. The first-order valence-electron chi connectivity index (χ1n) is 6.88. The van der Waals surface area contributed by atoms with Crippen LogP contribution in [0.4, 0.5) is 0 Å². The second-order valence-electron chi connectivity index (χ2n) is 5.03. The van der Waals surface area contributed by atoms with E-state index in [9.17, 15) is 9.59 Å². The summed E-state index contributed by atoms with van der Waals surface area (Å²) in [6.07, 6.45) is 0.0278. The van der Waals surface area contributed by atoms with Crippen LogP contribution in [0.25, 0.3) is 0 Å². The molecular formula is C17H15ClO5. The molecule has 0 aliphatic carbocycles. The second-order valence-corrected chi connectivity index (χ2v) is 5.46. The van der Waals surface area contributed by atoms with E-state index in [-0.39, 0.29) is 28.0 Å². The third-order valence-corrected chi connectivity index (χ3v) is 3.07. The molecule has 23 heavy (non-hydrogen) atoms. The molecule has 0 amide bonds. The van der Waals surface area contributed by atoms with Crippen molar-refractivity contribution in [1.82, 2.24) is 0 Å². The van der Waals surface area contributed by atoms with Gasteiger partial charge in [-0.1, -0.05) is 11.6 Å². The number of ether oxygens (including phenoxy) is 2. The predicted octanol–water partition coefficient (Wildman–Crippen LogP) is 4.04. The number of esters is 1. The van der Waals surface area contributed by atoms with Crippen LogP contribution in [0.3, 0.4) is 0 Å². The van der Waals surface area contributed by atoms with Gasteiger partial charge in [0.15, 0.2) is 0 Å². The minimum absolute atomic E-state index is 0.0278. The highest BCUT2D eigenvalue weighted by Gasteiger charge is 2.16. The summed E-state index contributed by atoms with van der Waals surface area (Å²) < 4.78 is 10.6. The fraction of sp³-hybridized carbons (Fsp3) is 0.176. The van der Waals surface area contributed by atoms with Gasteiger partial charge in [-0.05, 0) is 56.3 Å². The van der Waals surface area contributed by atoms with Crippen LogP contribution in [0.5, 0.6) is 11.5 Å². The molecule has 0 bridgehead atoms. The van der Waals surface area contributed by atoms with Crippen LogP contribution in [-0.2, 0) is 0 Å². The first kappa shape index (κ1) is 16.8. The van der Waals surface area contributed by atoms with Crippen LogP contribution in [0.2, 0.25) is 5.02 Å². The van der Waals surface area contributed by atoms with Gasteiger partial charge in [-0.2, -0.15) is 0 Å². The molecule has 0 saturated heterocycles. The van der Waals surface area contributed by atoms with Crippen LogP contribution in [-0.4, -0.2) is 23.1 Å². The van der Waals surface area contributed by atoms with Crippen molar-refractivity contribution in [2.45, 2.75) is 20.0 Å². The highest BCUT2D eigenvalue weighted by molar-refractivity contribution is 6.31. The average molecular weight is 335 g/mol. The maximum atomic E-state index is 12.1. The number of benzene rings is 2. The molecule has 0 unspecified atom stereocenters. The molecule has 0 radical (unpaired) electrons. The lowest BCUT2D eigenvalue weighted by Gasteiger charge is -2.10. The van der Waals surface area contributed by atoms with Crippen molar-refractivity contribution < 1.29 is 24.2 Å². The van der Waals surface area contributed by atoms with Crippen molar-refractivity contribution in [3.8, 4) is 11.5 Å². The Balaban J connectivity index is 2.18. The molecule has 0 aromatic heterocycles. The van der Waals surface area contributed by atoms with Gasteiger partial charge in [0, 0.05) is 5.02 Å². The van der Waals surface area contributed by atoms with Crippen LogP contribution in [0.15, 0.2) is 42.5 Å². The van der Waals surface area contributed by atoms with E-state index in [2.05, 4.69) is 0 Å². The molecule has 120 valence electrons. The third kappa shape index (κ3) is 4.47. The number of halogens is 1. The zero-order valence-corrected chi connectivity index (χ0v) is 13.3. The molecule has 0 spiro atoms. The highest BCUT2D eigenvalue weighted by Crippen LogP contribution is 2.24. The molecule has 1 N–H and O–H groups in total. The Kier molecular flexibility index (Phi) is 5.24. The number of carboxylic acid groups (broad SMARTS) is 1. The van der Waals surface area contributed by atoms with E-state index in [1.807, 2.05) is 13.8 Å². The fourth-order valence-corrected chi connectivity index (χ4v) is 2.03. The first-order valence-corrected chi connectivity index (χ1v) is 7.26. The monoisotopic (exact) mass is 334 g/mol. The Morgan fingerprint density at radius 3 is 2.30 bits per heavy atom. The lowest BCUT2D eigenvalue weighted by molar-refractivity contribution is 0.0681. The summed E-state index contributed by atoms with van der Waals surface area (Å²) in [5, 5.41) is 9.37. The highest BCUT2D eigenvalue weighted by atomic mass is 35.5. The molecule has 5 nitrogen and oxygen atoms in total. The molecule has 0 aliphatic rings. The summed E-state index contributed by atoms with van der Waals surface area (Å²) in [4.78, 5) is 23.3. The summed E-state index contributed by atoms with van der Waals surface area (Å²) in [6.45, 7) is 3.80. The number of carbonyl (C=O) groups excluding carboxylic acids is 1. The quantitative estimate of drug-likeness (QED) is 0.659. The summed E-state index contributed by atoms with van der Waals surface area (Å²) in [7, 11) is 0. The summed E-state index contributed by atoms with van der Waals surface area (Å²) in [5.41, 5.74) is 0.109. The van der Waals surface area contributed by atoms with Crippen molar-refractivity contribution in [1.29, 1.82) is 0 Å². The van der Waals surface area contributed by atoms with Crippen LogP contribution in [0.1, 0.15) is 34.6 Å². The van der Waals surface area contributed by atoms with Crippen molar-refractivity contribution in [2.75, 3.05) is 0 Å². The largest absolute Gasteiger partial charge is 0.491 e. The summed E-state index contributed by atoms with van der Waals surface area (Å²) in [5.74, 6) is -1.31. The number of aromatic carboxylic acids is 1. The number of carboxylic acids is 1. The molecule has 2 aromatic rings. The molecule has 6 heteroatoms.